The molecule has 0 bridgehead atoms. The lowest BCUT2D eigenvalue weighted by Crippen LogP contribution is -1.47. The minimum Gasteiger partial charge on any atom is -0.0533 e. The van der Waals surface area contributed by atoms with Crippen LogP contribution in [0.2, 0.25) is 0 Å². The van der Waals surface area contributed by atoms with Crippen molar-refractivity contribution in [3.05, 3.63) is 0 Å². The Bertz CT molecular complexity index is 15.5. The molecule has 1 aliphatic carbocycles. The summed E-state index contributed by atoms with van der Waals surface area (Å²) in [7, 11) is 0. The minimum atomic E-state index is 0. The van der Waals surface area contributed by atoms with Gasteiger partial charge in [-0.3, -0.25) is 0 Å². The molecule has 34 valence electrons. The first-order valence-corrected chi connectivity index (χ1v) is 2.50. The highest BCUT2D eigenvalue weighted by Gasteiger charge is 1.95. The maximum Gasteiger partial charge on any atom is 0 e. The zero-order chi connectivity index (χ0) is 3.54. The molecule has 0 aromatic carbocycles. The minimum absolute atomic E-state index is 0. The molecule has 0 heterocycles. The smallest absolute Gasteiger partial charge is 0 e. The summed E-state index contributed by atoms with van der Waals surface area (Å²) in [4.78, 5) is 0. The fourth-order valence-corrected chi connectivity index (χ4v) is 0.884. The number of hydrogen-bond acceptors (Lipinski definition) is 0. The van der Waals surface area contributed by atoms with Crippen LogP contribution in [0.3, 0.4) is 0 Å². The Morgan fingerprint density at radius 1 is 0.500 bits per heavy atom. The summed E-state index contributed by atoms with van der Waals surface area (Å²) in [5.41, 5.74) is 0. The van der Waals surface area contributed by atoms with Gasteiger partial charge in [0.05, 0.1) is 0 Å². The predicted octanol–water partition coefficient (Wildman–Crippen LogP) is 1.57. The average Bonchev–Trinajstić information content (AvgIpc) is 1.76. The fourth-order valence-electron chi connectivity index (χ4n) is 0.884. The molecular formula is C5H10Si. The average molecular weight is 98.2 g/mol. The number of hydrogen-bond donors (Lipinski definition) is 0. The standard InChI is InChI=1S/C5H10.Si/c1-2-4-5-3-1;/h1-5H2;. The normalized spacial score (nSPS) is 20.0. The molecule has 1 fully saturated rings. The molecule has 0 aromatic rings. The molecule has 0 aromatic heterocycles. The topological polar surface area (TPSA) is 0 Å². The Balaban J connectivity index is 0.000000250. The lowest BCUT2D eigenvalue weighted by molar-refractivity contribution is 0.886. The van der Waals surface area contributed by atoms with Crippen molar-refractivity contribution in [1.29, 1.82) is 0 Å². The van der Waals surface area contributed by atoms with E-state index in [0.717, 1.165) is 0 Å². The Morgan fingerprint density at radius 2 is 0.667 bits per heavy atom. The molecule has 0 amide bonds. The van der Waals surface area contributed by atoms with Crippen molar-refractivity contribution in [1.82, 2.24) is 0 Å². The molecule has 0 unspecified atom stereocenters. The van der Waals surface area contributed by atoms with Gasteiger partial charge in [-0.1, -0.05) is 32.1 Å². The van der Waals surface area contributed by atoms with Crippen LogP contribution in [0.4, 0.5) is 0 Å². The van der Waals surface area contributed by atoms with Gasteiger partial charge >= 0.3 is 0 Å². The van der Waals surface area contributed by atoms with Crippen LogP contribution in [0.1, 0.15) is 32.1 Å². The first kappa shape index (κ1) is 6.22. The first-order valence-electron chi connectivity index (χ1n) is 2.50. The summed E-state index contributed by atoms with van der Waals surface area (Å²) >= 11 is 0. The van der Waals surface area contributed by atoms with Crippen molar-refractivity contribution in [2.24, 2.45) is 0 Å². The Hall–Kier alpha value is 0.217. The molecule has 1 aliphatic rings. The van der Waals surface area contributed by atoms with Crippen LogP contribution >= 0.6 is 0 Å². The van der Waals surface area contributed by atoms with Gasteiger partial charge in [0, 0.05) is 11.0 Å². The van der Waals surface area contributed by atoms with Crippen molar-refractivity contribution in [3.8, 4) is 0 Å². The van der Waals surface area contributed by atoms with E-state index in [1.54, 1.807) is 0 Å². The largest absolute Gasteiger partial charge is 0.0533 e. The monoisotopic (exact) mass is 98.1 g/mol. The highest BCUT2D eigenvalue weighted by Crippen LogP contribution is 2.15. The van der Waals surface area contributed by atoms with E-state index in [1.165, 1.54) is 32.1 Å². The SMILES string of the molecule is C1CCCC1.[Si]. The van der Waals surface area contributed by atoms with E-state index < -0.39 is 0 Å². The van der Waals surface area contributed by atoms with Gasteiger partial charge in [-0.25, -0.2) is 0 Å². The Labute approximate surface area is 44.0 Å². The van der Waals surface area contributed by atoms with Gasteiger partial charge < -0.3 is 0 Å². The quantitative estimate of drug-likeness (QED) is 0.403. The van der Waals surface area contributed by atoms with Gasteiger partial charge in [0.2, 0.25) is 0 Å². The van der Waals surface area contributed by atoms with Crippen LogP contribution in [-0.2, 0) is 0 Å². The van der Waals surface area contributed by atoms with Gasteiger partial charge in [0.15, 0.2) is 0 Å². The predicted molar refractivity (Wildman–Crippen MR) is 28.8 cm³/mol. The van der Waals surface area contributed by atoms with E-state index in [2.05, 4.69) is 0 Å². The van der Waals surface area contributed by atoms with Gasteiger partial charge in [0.1, 0.15) is 0 Å². The first-order chi connectivity index (χ1) is 2.50. The molecule has 1 rings (SSSR count). The Morgan fingerprint density at radius 3 is 0.833 bits per heavy atom. The van der Waals surface area contributed by atoms with E-state index in [0.29, 0.717) is 0 Å². The lowest BCUT2D eigenvalue weighted by Gasteiger charge is -1.67. The van der Waals surface area contributed by atoms with Crippen LogP contribution < -0.4 is 0 Å². The summed E-state index contributed by atoms with van der Waals surface area (Å²) in [6.07, 6.45) is 7.50. The molecule has 6 heavy (non-hydrogen) atoms. The summed E-state index contributed by atoms with van der Waals surface area (Å²) in [5.74, 6) is 0. The molecule has 0 spiro atoms. The second kappa shape index (κ2) is 3.41. The molecule has 1 saturated carbocycles. The van der Waals surface area contributed by atoms with Crippen molar-refractivity contribution in [2.45, 2.75) is 32.1 Å². The number of rotatable bonds is 0. The van der Waals surface area contributed by atoms with Crippen molar-refractivity contribution in [2.75, 3.05) is 0 Å². The van der Waals surface area contributed by atoms with Crippen LogP contribution in [0.5, 0.6) is 0 Å². The molecule has 0 nitrogen and oxygen atoms in total. The maximum atomic E-state index is 1.50. The highest BCUT2D eigenvalue weighted by molar-refractivity contribution is 5.75. The van der Waals surface area contributed by atoms with E-state index in [1.807, 2.05) is 0 Å². The van der Waals surface area contributed by atoms with Crippen molar-refractivity contribution >= 4 is 11.0 Å². The summed E-state index contributed by atoms with van der Waals surface area (Å²) in [6, 6.07) is 0. The molecule has 0 aliphatic heterocycles. The molecule has 0 N–H and O–H groups in total. The third kappa shape index (κ3) is 1.60. The highest BCUT2D eigenvalue weighted by atomic mass is 28.1. The summed E-state index contributed by atoms with van der Waals surface area (Å²) in [6.45, 7) is 0. The van der Waals surface area contributed by atoms with E-state index >= 15 is 0 Å². The van der Waals surface area contributed by atoms with Crippen molar-refractivity contribution < 1.29 is 0 Å². The van der Waals surface area contributed by atoms with Crippen LogP contribution in [-0.4, -0.2) is 11.0 Å². The van der Waals surface area contributed by atoms with Crippen LogP contribution in [0.25, 0.3) is 0 Å². The van der Waals surface area contributed by atoms with Gasteiger partial charge in [-0.05, 0) is 0 Å². The molecular weight excluding hydrogens is 88.1 g/mol. The Kier molecular flexibility index (Phi) is 3.53. The van der Waals surface area contributed by atoms with Crippen molar-refractivity contribution in [3.63, 3.8) is 0 Å². The zero-order valence-corrected chi connectivity index (χ0v) is 5.04. The zero-order valence-electron chi connectivity index (χ0n) is 4.04. The second-order valence-corrected chi connectivity index (χ2v) is 1.77. The lowest BCUT2D eigenvalue weighted by atomic mass is 10.4. The molecule has 0 atom stereocenters. The summed E-state index contributed by atoms with van der Waals surface area (Å²) in [5, 5.41) is 0. The second-order valence-electron chi connectivity index (χ2n) is 1.77. The third-order valence-electron chi connectivity index (χ3n) is 1.25. The van der Waals surface area contributed by atoms with Gasteiger partial charge in [-0.15, -0.1) is 0 Å². The summed E-state index contributed by atoms with van der Waals surface area (Å²) < 4.78 is 0. The van der Waals surface area contributed by atoms with E-state index in [-0.39, 0.29) is 11.0 Å². The van der Waals surface area contributed by atoms with Gasteiger partial charge in [-0.2, -0.15) is 0 Å². The van der Waals surface area contributed by atoms with Crippen LogP contribution in [0.15, 0.2) is 0 Å². The maximum absolute atomic E-state index is 1.50. The van der Waals surface area contributed by atoms with Crippen LogP contribution in [0, 0.1) is 0 Å². The third-order valence-corrected chi connectivity index (χ3v) is 1.25. The molecule has 0 saturated heterocycles. The molecule has 4 radical (unpaired) electrons. The molecule has 1 heteroatoms. The fraction of sp³-hybridized carbons (Fsp3) is 1.00. The van der Waals surface area contributed by atoms with E-state index in [9.17, 15) is 0 Å². The van der Waals surface area contributed by atoms with Gasteiger partial charge in [0.25, 0.3) is 0 Å². The van der Waals surface area contributed by atoms with E-state index in [4.69, 9.17) is 0 Å².